The third-order valence-electron chi connectivity index (χ3n) is 3.51. The Morgan fingerprint density at radius 1 is 1.14 bits per heavy atom. The van der Waals surface area contributed by atoms with Gasteiger partial charge in [-0.1, -0.05) is 0 Å². The highest BCUT2D eigenvalue weighted by Gasteiger charge is 2.18. The van der Waals surface area contributed by atoms with Crippen LogP contribution in [0.3, 0.4) is 0 Å². The van der Waals surface area contributed by atoms with Crippen LogP contribution in [0, 0.1) is 5.82 Å². The van der Waals surface area contributed by atoms with Gasteiger partial charge in [-0.15, -0.1) is 0 Å². The predicted octanol–water partition coefficient (Wildman–Crippen LogP) is 1.73. The smallest absolute Gasteiger partial charge is 0.274 e. The van der Waals surface area contributed by atoms with Crippen molar-refractivity contribution in [1.82, 2.24) is 0 Å². The lowest BCUT2D eigenvalue weighted by Crippen LogP contribution is -2.39. The minimum atomic E-state index is -0.361. The fraction of sp³-hybridized carbons (Fsp3) is 0.250. The molecule has 5 nitrogen and oxygen atoms in total. The summed E-state index contributed by atoms with van der Waals surface area (Å²) in [6.07, 6.45) is 1.74. The van der Waals surface area contributed by atoms with Gasteiger partial charge in [0.05, 0.1) is 18.9 Å². The second-order valence-electron chi connectivity index (χ2n) is 5.02. The van der Waals surface area contributed by atoms with E-state index in [4.69, 9.17) is 4.74 Å². The van der Waals surface area contributed by atoms with Crippen LogP contribution in [-0.4, -0.2) is 32.2 Å². The van der Waals surface area contributed by atoms with Crippen LogP contribution >= 0.6 is 0 Å². The molecule has 2 N–H and O–H groups in total. The first-order valence-corrected chi connectivity index (χ1v) is 7.14. The zero-order valence-electron chi connectivity index (χ0n) is 12.0. The zero-order valence-corrected chi connectivity index (χ0v) is 12.0. The summed E-state index contributed by atoms with van der Waals surface area (Å²) in [5, 5.41) is 2.77. The second-order valence-corrected chi connectivity index (χ2v) is 5.02. The highest BCUT2D eigenvalue weighted by molar-refractivity contribution is 6.04. The molecule has 1 aliphatic heterocycles. The SMILES string of the molecule is O=C(Nc1ccc(N2CCOCC2)[nH+]c1)c1ccc(F)cc1. The predicted molar refractivity (Wildman–Crippen MR) is 80.4 cm³/mol. The van der Waals surface area contributed by atoms with E-state index in [1.165, 1.54) is 24.3 Å². The molecule has 22 heavy (non-hydrogen) atoms. The molecule has 1 aliphatic rings. The third-order valence-corrected chi connectivity index (χ3v) is 3.51. The van der Waals surface area contributed by atoms with Crippen molar-refractivity contribution < 1.29 is 18.9 Å². The molecule has 0 radical (unpaired) electrons. The monoisotopic (exact) mass is 302 g/mol. The van der Waals surface area contributed by atoms with Gasteiger partial charge >= 0.3 is 0 Å². The van der Waals surface area contributed by atoms with Crippen molar-refractivity contribution >= 4 is 17.4 Å². The number of halogens is 1. The number of benzene rings is 1. The molecule has 1 amide bonds. The topological polar surface area (TPSA) is 55.7 Å². The number of hydrogen-bond acceptors (Lipinski definition) is 3. The molecular formula is C16H17FN3O2+. The fourth-order valence-electron chi connectivity index (χ4n) is 2.30. The van der Waals surface area contributed by atoms with E-state index in [2.05, 4.69) is 15.2 Å². The van der Waals surface area contributed by atoms with Gasteiger partial charge in [-0.25, -0.2) is 9.37 Å². The van der Waals surface area contributed by atoms with E-state index < -0.39 is 0 Å². The summed E-state index contributed by atoms with van der Waals surface area (Å²) in [4.78, 5) is 17.4. The maximum atomic E-state index is 12.8. The molecule has 0 atom stereocenters. The largest absolute Gasteiger partial charge is 0.373 e. The Labute approximate surface area is 127 Å². The lowest BCUT2D eigenvalue weighted by Gasteiger charge is -2.21. The van der Waals surface area contributed by atoms with Crippen molar-refractivity contribution in [1.29, 1.82) is 0 Å². The summed E-state index contributed by atoms with van der Waals surface area (Å²) >= 11 is 0. The first-order valence-electron chi connectivity index (χ1n) is 7.14. The molecule has 0 aliphatic carbocycles. The molecule has 0 spiro atoms. The Kier molecular flexibility index (Phi) is 4.29. The number of anilines is 2. The minimum Gasteiger partial charge on any atom is -0.373 e. The van der Waals surface area contributed by atoms with Gasteiger partial charge in [0.15, 0.2) is 0 Å². The average molecular weight is 302 g/mol. The number of nitrogens with zero attached hydrogens (tertiary/aromatic N) is 1. The van der Waals surface area contributed by atoms with Crippen molar-refractivity contribution in [3.8, 4) is 0 Å². The van der Waals surface area contributed by atoms with Crippen LogP contribution in [0.4, 0.5) is 15.9 Å². The van der Waals surface area contributed by atoms with E-state index in [0.29, 0.717) is 11.3 Å². The molecule has 1 aromatic carbocycles. The zero-order chi connectivity index (χ0) is 15.4. The van der Waals surface area contributed by atoms with Gasteiger partial charge in [-0.2, -0.15) is 0 Å². The van der Waals surface area contributed by atoms with Gasteiger partial charge in [0.25, 0.3) is 11.7 Å². The molecule has 1 aromatic heterocycles. The van der Waals surface area contributed by atoms with Crippen LogP contribution in [0.2, 0.25) is 0 Å². The minimum absolute atomic E-state index is 0.271. The number of amides is 1. The summed E-state index contributed by atoms with van der Waals surface area (Å²) in [7, 11) is 0. The molecule has 1 saturated heterocycles. The summed E-state index contributed by atoms with van der Waals surface area (Å²) in [5.41, 5.74) is 1.07. The number of aromatic amines is 1. The van der Waals surface area contributed by atoms with Crippen LogP contribution in [0.1, 0.15) is 10.4 Å². The Balaban J connectivity index is 1.65. The Morgan fingerprint density at radius 3 is 2.50 bits per heavy atom. The van der Waals surface area contributed by atoms with E-state index >= 15 is 0 Å². The van der Waals surface area contributed by atoms with Gasteiger partial charge in [-0.3, -0.25) is 9.69 Å². The fourth-order valence-corrected chi connectivity index (χ4v) is 2.30. The van der Waals surface area contributed by atoms with Gasteiger partial charge in [-0.05, 0) is 30.3 Å². The van der Waals surface area contributed by atoms with E-state index in [9.17, 15) is 9.18 Å². The number of rotatable bonds is 3. The number of morpholine rings is 1. The first kappa shape index (κ1) is 14.5. The van der Waals surface area contributed by atoms with Crippen LogP contribution in [0.15, 0.2) is 42.6 Å². The molecular weight excluding hydrogens is 285 g/mol. The van der Waals surface area contributed by atoms with Crippen molar-refractivity contribution in [2.45, 2.75) is 0 Å². The van der Waals surface area contributed by atoms with Crippen molar-refractivity contribution in [2.24, 2.45) is 0 Å². The number of pyridine rings is 1. The quantitative estimate of drug-likeness (QED) is 0.939. The summed E-state index contributed by atoms with van der Waals surface area (Å²) in [6.45, 7) is 3.13. The first-order chi connectivity index (χ1) is 10.7. The second kappa shape index (κ2) is 6.53. The number of carbonyl (C=O) groups is 1. The van der Waals surface area contributed by atoms with E-state index in [1.807, 2.05) is 12.1 Å². The van der Waals surface area contributed by atoms with Crippen LogP contribution in [-0.2, 0) is 4.74 Å². The van der Waals surface area contributed by atoms with Crippen molar-refractivity contribution in [2.75, 3.05) is 36.5 Å². The maximum Gasteiger partial charge on any atom is 0.274 e. The van der Waals surface area contributed by atoms with Crippen LogP contribution < -0.4 is 15.2 Å². The Morgan fingerprint density at radius 2 is 1.86 bits per heavy atom. The number of H-pyrrole nitrogens is 1. The van der Waals surface area contributed by atoms with E-state index in [0.717, 1.165) is 32.1 Å². The molecule has 6 heteroatoms. The van der Waals surface area contributed by atoms with Crippen molar-refractivity contribution in [3.63, 3.8) is 0 Å². The molecule has 2 aromatic rings. The summed E-state index contributed by atoms with van der Waals surface area (Å²) in [5.74, 6) is 0.357. The van der Waals surface area contributed by atoms with Crippen LogP contribution in [0.25, 0.3) is 0 Å². The average Bonchev–Trinajstić information content (AvgIpc) is 2.57. The molecule has 0 unspecified atom stereocenters. The molecule has 3 rings (SSSR count). The molecule has 0 saturated carbocycles. The van der Waals surface area contributed by atoms with E-state index in [-0.39, 0.29) is 11.7 Å². The number of nitrogens with one attached hydrogen (secondary N) is 2. The van der Waals surface area contributed by atoms with Gasteiger partial charge in [0, 0.05) is 11.6 Å². The van der Waals surface area contributed by atoms with E-state index in [1.54, 1.807) is 6.20 Å². The lowest BCUT2D eigenvalue weighted by molar-refractivity contribution is -0.363. The van der Waals surface area contributed by atoms with Gasteiger partial charge in [0.2, 0.25) is 0 Å². The molecule has 0 bridgehead atoms. The standard InChI is InChI=1S/C16H16FN3O2/c17-13-3-1-12(2-4-13)16(21)19-14-5-6-15(18-11-14)20-7-9-22-10-8-20/h1-6,11H,7-10H2,(H,19,21)/p+1. The number of carbonyl (C=O) groups excluding carboxylic acids is 1. The maximum absolute atomic E-state index is 12.8. The lowest BCUT2D eigenvalue weighted by atomic mass is 10.2. The summed E-state index contributed by atoms with van der Waals surface area (Å²) in [6, 6.07) is 9.20. The Hall–Kier alpha value is -2.47. The highest BCUT2D eigenvalue weighted by atomic mass is 19.1. The normalized spacial score (nSPS) is 14.7. The number of aromatic nitrogens is 1. The molecule has 114 valence electrons. The number of ether oxygens (including phenoxy) is 1. The number of hydrogen-bond donors (Lipinski definition) is 1. The highest BCUT2D eigenvalue weighted by Crippen LogP contribution is 2.13. The Bertz CT molecular complexity index is 637. The molecule has 2 heterocycles. The van der Waals surface area contributed by atoms with Crippen LogP contribution in [0.5, 0.6) is 0 Å². The van der Waals surface area contributed by atoms with Crippen molar-refractivity contribution in [3.05, 3.63) is 54.0 Å². The van der Waals surface area contributed by atoms with Gasteiger partial charge < -0.3 is 10.1 Å². The molecule has 1 fully saturated rings. The summed E-state index contributed by atoms with van der Waals surface area (Å²) < 4.78 is 18.2. The van der Waals surface area contributed by atoms with Gasteiger partial charge in [0.1, 0.15) is 25.1 Å². The third kappa shape index (κ3) is 3.40.